The van der Waals surface area contributed by atoms with Crippen molar-refractivity contribution in [3.8, 4) is 0 Å². The first kappa shape index (κ1) is 7.87. The standard InChI is InChI=1S/C3H11N2O2S/c1-5(2,3)8(4,6)7/h1-3H3,(H2,4,6,7)/q+1. The fourth-order valence-corrected chi connectivity index (χ4v) is 0. The van der Waals surface area contributed by atoms with Gasteiger partial charge in [-0.25, -0.2) is 3.89 Å². The first-order valence-corrected chi connectivity index (χ1v) is 3.60. The van der Waals surface area contributed by atoms with E-state index in [-0.39, 0.29) is 3.89 Å². The van der Waals surface area contributed by atoms with Gasteiger partial charge in [0.25, 0.3) is 0 Å². The molecule has 5 heteroatoms. The Morgan fingerprint density at radius 3 is 1.38 bits per heavy atom. The molecule has 8 heavy (non-hydrogen) atoms. The number of nitrogens with two attached hydrogens (primary N) is 1. The molecule has 4 nitrogen and oxygen atoms in total. The lowest BCUT2D eigenvalue weighted by Gasteiger charge is -2.18. The lowest BCUT2D eigenvalue weighted by Crippen LogP contribution is -2.45. The van der Waals surface area contributed by atoms with E-state index in [2.05, 4.69) is 0 Å². The molecule has 0 heterocycles. The van der Waals surface area contributed by atoms with Crippen molar-refractivity contribution in [2.45, 2.75) is 0 Å². The van der Waals surface area contributed by atoms with E-state index in [9.17, 15) is 8.42 Å². The van der Waals surface area contributed by atoms with E-state index in [1.54, 1.807) is 0 Å². The van der Waals surface area contributed by atoms with Crippen molar-refractivity contribution in [1.29, 1.82) is 0 Å². The quantitative estimate of drug-likeness (QED) is 0.468. The SMILES string of the molecule is C[N+](C)(C)S(N)(=O)=O. The predicted molar refractivity (Wildman–Crippen MR) is 31.1 cm³/mol. The Balaban J connectivity index is 4.53. The van der Waals surface area contributed by atoms with E-state index < -0.39 is 10.2 Å². The van der Waals surface area contributed by atoms with E-state index in [1.807, 2.05) is 0 Å². The molecule has 0 aliphatic carbocycles. The van der Waals surface area contributed by atoms with Gasteiger partial charge < -0.3 is 0 Å². The maximum atomic E-state index is 10.4. The highest BCUT2D eigenvalue weighted by atomic mass is 32.2. The van der Waals surface area contributed by atoms with Gasteiger partial charge in [-0.1, -0.05) is 0 Å². The van der Waals surface area contributed by atoms with E-state index >= 15 is 0 Å². The maximum Gasteiger partial charge on any atom is 0.366 e. The zero-order chi connectivity index (χ0) is 7.00. The van der Waals surface area contributed by atoms with E-state index in [4.69, 9.17) is 5.14 Å². The second kappa shape index (κ2) is 1.68. The van der Waals surface area contributed by atoms with Crippen LogP contribution in [-0.2, 0) is 10.2 Å². The van der Waals surface area contributed by atoms with Crippen molar-refractivity contribution in [2.24, 2.45) is 5.14 Å². The Hall–Kier alpha value is -0.130. The lowest BCUT2D eigenvalue weighted by molar-refractivity contribution is -0.739. The molecule has 0 rings (SSSR count). The second-order valence-electron chi connectivity index (χ2n) is 2.40. The molecular formula is C3H11N2O2S+. The zero-order valence-electron chi connectivity index (χ0n) is 5.25. The normalized spacial score (nSPS) is 14.0. The maximum absolute atomic E-state index is 10.4. The van der Waals surface area contributed by atoms with Crippen LogP contribution in [0.15, 0.2) is 0 Å². The lowest BCUT2D eigenvalue weighted by atomic mass is 11.0. The summed E-state index contributed by atoms with van der Waals surface area (Å²) >= 11 is 0. The molecule has 0 aromatic heterocycles. The molecular weight excluding hydrogens is 128 g/mol. The molecule has 0 atom stereocenters. The summed E-state index contributed by atoms with van der Waals surface area (Å²) in [6.07, 6.45) is 0. The Labute approximate surface area is 49.7 Å². The van der Waals surface area contributed by atoms with Crippen molar-refractivity contribution in [1.82, 2.24) is 0 Å². The topological polar surface area (TPSA) is 60.2 Å². The summed E-state index contributed by atoms with van der Waals surface area (Å²) in [5.74, 6) is 0. The van der Waals surface area contributed by atoms with Gasteiger partial charge in [0.1, 0.15) is 0 Å². The number of rotatable bonds is 1. The van der Waals surface area contributed by atoms with Crippen molar-refractivity contribution in [3.05, 3.63) is 0 Å². The highest BCUT2D eigenvalue weighted by Crippen LogP contribution is 1.93. The van der Waals surface area contributed by atoms with Crippen LogP contribution in [0.1, 0.15) is 0 Å². The number of hydrogen-bond acceptors (Lipinski definition) is 2. The fourth-order valence-electron chi connectivity index (χ4n) is 0. The van der Waals surface area contributed by atoms with Crippen molar-refractivity contribution in [3.63, 3.8) is 0 Å². The second-order valence-corrected chi connectivity index (χ2v) is 4.53. The van der Waals surface area contributed by atoms with Crippen LogP contribution in [0, 0.1) is 0 Å². The van der Waals surface area contributed by atoms with Gasteiger partial charge in [-0.15, -0.1) is 0 Å². The Morgan fingerprint density at radius 1 is 1.25 bits per heavy atom. The Kier molecular flexibility index (Phi) is 1.65. The van der Waals surface area contributed by atoms with Crippen LogP contribution in [0.25, 0.3) is 0 Å². The summed E-state index contributed by atoms with van der Waals surface area (Å²) in [4.78, 5) is 0. The van der Waals surface area contributed by atoms with Crippen LogP contribution in [0.4, 0.5) is 0 Å². The molecule has 0 radical (unpaired) electrons. The summed E-state index contributed by atoms with van der Waals surface area (Å²) in [7, 11) is 1.08. The van der Waals surface area contributed by atoms with Gasteiger partial charge in [0.05, 0.1) is 21.1 Å². The van der Waals surface area contributed by atoms with Gasteiger partial charge in [0, 0.05) is 0 Å². The van der Waals surface area contributed by atoms with Gasteiger partial charge in [-0.2, -0.15) is 13.6 Å². The molecule has 0 aromatic rings. The molecule has 0 aliphatic rings. The van der Waals surface area contributed by atoms with Crippen LogP contribution in [-0.4, -0.2) is 33.4 Å². The molecule has 0 bridgehead atoms. The minimum atomic E-state index is -3.40. The predicted octanol–water partition coefficient (Wildman–Crippen LogP) is -1.10. The number of nitrogens with zero attached hydrogens (tertiary/aromatic N) is 1. The third-order valence-corrected chi connectivity index (χ3v) is 2.29. The molecule has 0 spiro atoms. The Bertz CT molecular complexity index is 164. The van der Waals surface area contributed by atoms with Crippen LogP contribution in [0.2, 0.25) is 0 Å². The number of quaternary nitrogens is 1. The smallest absolute Gasteiger partial charge is 0.212 e. The van der Waals surface area contributed by atoms with Crippen LogP contribution >= 0.6 is 0 Å². The summed E-state index contributed by atoms with van der Waals surface area (Å²) < 4.78 is 20.6. The third kappa shape index (κ3) is 1.77. The molecule has 50 valence electrons. The molecule has 0 amide bonds. The summed E-state index contributed by atoms with van der Waals surface area (Å²) in [5, 5.41) is 4.76. The first-order chi connectivity index (χ1) is 3.25. The van der Waals surface area contributed by atoms with Crippen molar-refractivity contribution in [2.75, 3.05) is 21.1 Å². The highest BCUT2D eigenvalue weighted by Gasteiger charge is 2.21. The van der Waals surface area contributed by atoms with E-state index in [0.29, 0.717) is 0 Å². The molecule has 0 fully saturated rings. The van der Waals surface area contributed by atoms with Crippen LogP contribution < -0.4 is 5.14 Å². The van der Waals surface area contributed by atoms with E-state index in [1.165, 1.54) is 21.1 Å². The average molecular weight is 139 g/mol. The minimum absolute atomic E-state index is 0.229. The zero-order valence-corrected chi connectivity index (χ0v) is 6.07. The van der Waals surface area contributed by atoms with Gasteiger partial charge in [-0.3, -0.25) is 0 Å². The minimum Gasteiger partial charge on any atom is -0.212 e. The summed E-state index contributed by atoms with van der Waals surface area (Å²) in [5.41, 5.74) is 0. The molecule has 0 aliphatic heterocycles. The fraction of sp³-hybridized carbons (Fsp3) is 1.00. The van der Waals surface area contributed by atoms with Crippen LogP contribution in [0.5, 0.6) is 0 Å². The molecule has 0 unspecified atom stereocenters. The monoisotopic (exact) mass is 139 g/mol. The number of hydrogen-bond donors (Lipinski definition) is 1. The van der Waals surface area contributed by atoms with Crippen LogP contribution in [0.3, 0.4) is 0 Å². The molecule has 0 saturated heterocycles. The van der Waals surface area contributed by atoms with Gasteiger partial charge >= 0.3 is 10.2 Å². The van der Waals surface area contributed by atoms with Gasteiger partial charge in [0.15, 0.2) is 0 Å². The molecule has 2 N–H and O–H groups in total. The average Bonchev–Trinajstić information content (AvgIpc) is 1.25. The Morgan fingerprint density at radius 2 is 1.38 bits per heavy atom. The summed E-state index contributed by atoms with van der Waals surface area (Å²) in [6, 6.07) is 0. The van der Waals surface area contributed by atoms with Crippen molar-refractivity contribution >= 4 is 10.2 Å². The third-order valence-electron chi connectivity index (χ3n) is 0.763. The van der Waals surface area contributed by atoms with E-state index in [0.717, 1.165) is 0 Å². The highest BCUT2D eigenvalue weighted by molar-refractivity contribution is 7.83. The first-order valence-electron chi connectivity index (χ1n) is 2.09. The van der Waals surface area contributed by atoms with Gasteiger partial charge in [-0.05, 0) is 0 Å². The van der Waals surface area contributed by atoms with Gasteiger partial charge in [0.2, 0.25) is 0 Å². The summed E-state index contributed by atoms with van der Waals surface area (Å²) in [6.45, 7) is 0. The largest absolute Gasteiger partial charge is 0.366 e. The van der Waals surface area contributed by atoms with Crippen molar-refractivity contribution < 1.29 is 12.3 Å². The molecule has 0 saturated carbocycles. The molecule has 0 aromatic carbocycles.